The summed E-state index contributed by atoms with van der Waals surface area (Å²) in [5, 5.41) is 2.73. The highest BCUT2D eigenvalue weighted by molar-refractivity contribution is 9.10. The van der Waals surface area contributed by atoms with E-state index >= 15 is 0 Å². The quantitative estimate of drug-likeness (QED) is 0.799. The van der Waals surface area contributed by atoms with Crippen LogP contribution in [0.1, 0.15) is 11.1 Å². The Labute approximate surface area is 129 Å². The topological polar surface area (TPSA) is 38.0 Å². The van der Waals surface area contributed by atoms with Gasteiger partial charge < -0.3 is 11.1 Å². The third kappa shape index (κ3) is 2.96. The molecule has 6 heteroatoms. The van der Waals surface area contributed by atoms with E-state index < -0.39 is 11.6 Å². The molecule has 0 aliphatic heterocycles. The smallest absolute Gasteiger partial charge is 0.152 e. The van der Waals surface area contributed by atoms with Crippen molar-refractivity contribution in [2.45, 2.75) is 6.92 Å². The van der Waals surface area contributed by atoms with E-state index in [2.05, 4.69) is 21.2 Å². The molecular formula is C14H11BrF2N2S. The van der Waals surface area contributed by atoms with Gasteiger partial charge in [-0.2, -0.15) is 0 Å². The van der Waals surface area contributed by atoms with E-state index in [1.54, 1.807) is 25.1 Å². The fourth-order valence-electron chi connectivity index (χ4n) is 1.68. The van der Waals surface area contributed by atoms with E-state index in [1.807, 2.05) is 0 Å². The van der Waals surface area contributed by atoms with E-state index in [4.69, 9.17) is 18.0 Å². The number of rotatable bonds is 3. The lowest BCUT2D eigenvalue weighted by molar-refractivity contribution is 0.585. The fraction of sp³-hybridized carbons (Fsp3) is 0.0714. The van der Waals surface area contributed by atoms with E-state index in [-0.39, 0.29) is 10.7 Å². The zero-order valence-electron chi connectivity index (χ0n) is 10.5. The van der Waals surface area contributed by atoms with Crippen LogP contribution in [0.5, 0.6) is 0 Å². The number of nitrogens with two attached hydrogens (primary N) is 1. The van der Waals surface area contributed by atoms with Gasteiger partial charge >= 0.3 is 0 Å². The molecule has 0 atom stereocenters. The van der Waals surface area contributed by atoms with Crippen LogP contribution < -0.4 is 11.1 Å². The second-order valence-corrected chi connectivity index (χ2v) is 5.53. The van der Waals surface area contributed by atoms with Crippen LogP contribution >= 0.6 is 28.1 Å². The molecule has 0 saturated carbocycles. The minimum Gasteiger partial charge on any atom is -0.389 e. The molecular weight excluding hydrogens is 346 g/mol. The van der Waals surface area contributed by atoms with Gasteiger partial charge in [0.25, 0.3) is 0 Å². The van der Waals surface area contributed by atoms with Gasteiger partial charge in [0.2, 0.25) is 0 Å². The summed E-state index contributed by atoms with van der Waals surface area (Å²) in [6.07, 6.45) is 0. The van der Waals surface area contributed by atoms with Crippen molar-refractivity contribution in [1.29, 1.82) is 0 Å². The van der Waals surface area contributed by atoms with Crippen molar-refractivity contribution < 1.29 is 8.78 Å². The summed E-state index contributed by atoms with van der Waals surface area (Å²) in [6.45, 7) is 1.57. The zero-order chi connectivity index (χ0) is 14.9. The maximum Gasteiger partial charge on any atom is 0.152 e. The van der Waals surface area contributed by atoms with Crippen LogP contribution in [0, 0.1) is 18.6 Å². The third-order valence-corrected chi connectivity index (χ3v) is 3.69. The van der Waals surface area contributed by atoms with Gasteiger partial charge in [-0.05, 0) is 52.7 Å². The molecule has 0 unspecified atom stereocenters. The van der Waals surface area contributed by atoms with Crippen LogP contribution in [0.3, 0.4) is 0 Å². The predicted octanol–water partition coefficient (Wildman–Crippen LogP) is 4.41. The molecule has 0 aliphatic rings. The highest BCUT2D eigenvalue weighted by Gasteiger charge is 2.13. The molecule has 0 saturated heterocycles. The van der Waals surface area contributed by atoms with Crippen LogP contribution in [0.15, 0.2) is 34.8 Å². The first-order valence-electron chi connectivity index (χ1n) is 5.71. The lowest BCUT2D eigenvalue weighted by atomic mass is 10.1. The van der Waals surface area contributed by atoms with Gasteiger partial charge in [-0.1, -0.05) is 18.3 Å². The molecule has 2 aromatic carbocycles. The van der Waals surface area contributed by atoms with Crippen molar-refractivity contribution in [3.8, 4) is 0 Å². The number of thiocarbonyl (C=S) groups is 1. The monoisotopic (exact) mass is 356 g/mol. The van der Waals surface area contributed by atoms with Crippen LogP contribution in [0.25, 0.3) is 0 Å². The molecule has 0 fully saturated rings. The minimum atomic E-state index is -0.654. The molecule has 0 spiro atoms. The first-order valence-corrected chi connectivity index (χ1v) is 6.91. The Bertz CT molecular complexity index is 689. The Balaban J connectivity index is 2.41. The highest BCUT2D eigenvalue weighted by atomic mass is 79.9. The molecule has 2 aromatic rings. The Morgan fingerprint density at radius 3 is 2.55 bits per heavy atom. The van der Waals surface area contributed by atoms with Gasteiger partial charge in [0.1, 0.15) is 16.5 Å². The third-order valence-electron chi connectivity index (χ3n) is 2.80. The van der Waals surface area contributed by atoms with Crippen molar-refractivity contribution >= 4 is 44.5 Å². The van der Waals surface area contributed by atoms with Crippen molar-refractivity contribution in [3.63, 3.8) is 0 Å². The number of benzene rings is 2. The van der Waals surface area contributed by atoms with Gasteiger partial charge in [-0.25, -0.2) is 8.78 Å². The normalized spacial score (nSPS) is 10.4. The predicted molar refractivity (Wildman–Crippen MR) is 84.4 cm³/mol. The number of aryl methyl sites for hydroxylation is 1. The summed E-state index contributed by atoms with van der Waals surface area (Å²) >= 11 is 8.19. The number of hydrogen-bond donors (Lipinski definition) is 2. The minimum absolute atomic E-state index is 0.186. The largest absolute Gasteiger partial charge is 0.389 e. The second kappa shape index (κ2) is 5.85. The summed E-state index contributed by atoms with van der Waals surface area (Å²) in [5.74, 6) is -1.27. The molecule has 20 heavy (non-hydrogen) atoms. The first kappa shape index (κ1) is 14.9. The fourth-order valence-corrected chi connectivity index (χ4v) is 2.28. The van der Waals surface area contributed by atoms with E-state index in [0.717, 1.165) is 0 Å². The van der Waals surface area contributed by atoms with Gasteiger partial charge in [0.05, 0.1) is 5.69 Å². The maximum atomic E-state index is 13.9. The maximum absolute atomic E-state index is 13.9. The number of nitrogens with one attached hydrogen (secondary N) is 1. The Morgan fingerprint density at radius 2 is 1.95 bits per heavy atom. The number of anilines is 2. The SMILES string of the molecule is Cc1ccc(F)c(Nc2ccc(C(N)=S)cc2Br)c1F. The molecule has 0 bridgehead atoms. The van der Waals surface area contributed by atoms with E-state index in [0.29, 0.717) is 21.3 Å². The molecule has 0 radical (unpaired) electrons. The summed E-state index contributed by atoms with van der Waals surface area (Å²) in [6, 6.07) is 7.63. The van der Waals surface area contributed by atoms with Crippen molar-refractivity contribution in [2.24, 2.45) is 5.73 Å². The summed E-state index contributed by atoms with van der Waals surface area (Å²) in [4.78, 5) is 0.255. The summed E-state index contributed by atoms with van der Waals surface area (Å²) in [5.41, 5.74) is 6.89. The lowest BCUT2D eigenvalue weighted by Crippen LogP contribution is -2.09. The van der Waals surface area contributed by atoms with Crippen LogP contribution in [-0.4, -0.2) is 4.99 Å². The van der Waals surface area contributed by atoms with E-state index in [1.165, 1.54) is 12.1 Å². The molecule has 104 valence electrons. The molecule has 0 heterocycles. The average Bonchev–Trinajstić information content (AvgIpc) is 2.40. The van der Waals surface area contributed by atoms with Crippen molar-refractivity contribution in [1.82, 2.24) is 0 Å². The zero-order valence-corrected chi connectivity index (χ0v) is 12.9. The Morgan fingerprint density at radius 1 is 1.25 bits per heavy atom. The standard InChI is InChI=1S/C14H11BrF2N2S/c1-7-2-4-10(16)13(12(7)17)19-11-5-3-8(14(18)20)6-9(11)15/h2-6,19H,1H3,(H2,18,20). The van der Waals surface area contributed by atoms with Crippen molar-refractivity contribution in [2.75, 3.05) is 5.32 Å². The number of halogens is 3. The van der Waals surface area contributed by atoms with Crippen LogP contribution in [0.4, 0.5) is 20.2 Å². The Kier molecular flexibility index (Phi) is 4.35. The molecule has 0 aliphatic carbocycles. The van der Waals surface area contributed by atoms with Gasteiger partial charge in [-0.15, -0.1) is 0 Å². The Hall–Kier alpha value is -1.53. The average molecular weight is 357 g/mol. The van der Waals surface area contributed by atoms with Crippen LogP contribution in [0.2, 0.25) is 0 Å². The van der Waals surface area contributed by atoms with Crippen LogP contribution in [-0.2, 0) is 0 Å². The second-order valence-electron chi connectivity index (χ2n) is 4.24. The lowest BCUT2D eigenvalue weighted by Gasteiger charge is -2.12. The molecule has 0 amide bonds. The molecule has 3 N–H and O–H groups in total. The highest BCUT2D eigenvalue weighted by Crippen LogP contribution is 2.30. The summed E-state index contributed by atoms with van der Waals surface area (Å²) < 4.78 is 28.2. The first-order chi connectivity index (χ1) is 9.40. The van der Waals surface area contributed by atoms with E-state index in [9.17, 15) is 8.78 Å². The molecule has 2 nitrogen and oxygen atoms in total. The molecule has 0 aromatic heterocycles. The number of hydrogen-bond acceptors (Lipinski definition) is 2. The summed E-state index contributed by atoms with van der Waals surface area (Å²) in [7, 11) is 0. The van der Waals surface area contributed by atoms with Gasteiger partial charge in [0, 0.05) is 10.0 Å². The van der Waals surface area contributed by atoms with Gasteiger partial charge in [0.15, 0.2) is 5.82 Å². The molecule has 2 rings (SSSR count). The van der Waals surface area contributed by atoms with Gasteiger partial charge in [-0.3, -0.25) is 0 Å². The van der Waals surface area contributed by atoms with Crippen molar-refractivity contribution in [3.05, 3.63) is 57.6 Å².